The number of hydrogen-bond donors (Lipinski definition) is 2. The second kappa shape index (κ2) is 9.18. The number of phenolic OH excluding ortho intramolecular Hbond substituents is 2. The molecule has 0 spiro atoms. The number of nitro benzene ring substituents is 3. The number of non-ortho nitro benzene ring substituents is 3. The summed E-state index contributed by atoms with van der Waals surface area (Å²) >= 11 is 0. The number of aromatic hydroxyl groups is 2. The maximum Gasteiger partial charge on any atom is 0.270 e. The van der Waals surface area contributed by atoms with Gasteiger partial charge in [-0.3, -0.25) is 30.3 Å². The summed E-state index contributed by atoms with van der Waals surface area (Å²) in [5.74, 6) is -0.349. The molecule has 0 atom stereocenters. The van der Waals surface area contributed by atoms with E-state index < -0.39 is 14.8 Å². The Morgan fingerprint density at radius 2 is 1.15 bits per heavy atom. The largest absolute Gasteiger partial charge is 0.508 e. The summed E-state index contributed by atoms with van der Waals surface area (Å²) < 4.78 is 5.21. The second-order valence-corrected chi connectivity index (χ2v) is 7.05. The minimum atomic E-state index is -0.676. The van der Waals surface area contributed by atoms with E-state index in [9.17, 15) is 40.6 Å². The van der Waals surface area contributed by atoms with Gasteiger partial charge in [-0.05, 0) is 12.1 Å². The van der Waals surface area contributed by atoms with E-state index in [-0.39, 0.29) is 63.8 Å². The van der Waals surface area contributed by atoms with E-state index in [1.54, 1.807) is 0 Å². The van der Waals surface area contributed by atoms with E-state index in [0.29, 0.717) is 5.56 Å². The molecule has 12 heteroatoms. The molecule has 2 N–H and O–H groups in total. The van der Waals surface area contributed by atoms with Gasteiger partial charge in [0, 0.05) is 71.5 Å². The monoisotopic (exact) mass is 455 g/mol. The molecule has 0 aromatic heterocycles. The number of benzene rings is 3. The Labute approximate surface area is 185 Å². The molecule has 0 heterocycles. The lowest BCUT2D eigenvalue weighted by Gasteiger charge is -2.13. The van der Waals surface area contributed by atoms with Crippen molar-refractivity contribution in [2.45, 2.75) is 12.8 Å². The van der Waals surface area contributed by atoms with Crippen LogP contribution in [0.5, 0.6) is 17.2 Å². The molecule has 0 amide bonds. The van der Waals surface area contributed by atoms with Gasteiger partial charge in [0.05, 0.1) is 21.9 Å². The molecule has 170 valence electrons. The van der Waals surface area contributed by atoms with Crippen molar-refractivity contribution in [1.82, 2.24) is 0 Å². The molecule has 0 fully saturated rings. The SMILES string of the molecule is COc1ccc([N+](=O)[O-])cc1Cc1cc([N+](=O)[O-])cc(Cc2cc([N+](=O)[O-])ccc2O)c1O. The topological polar surface area (TPSA) is 179 Å². The summed E-state index contributed by atoms with van der Waals surface area (Å²) in [5, 5.41) is 54.6. The number of phenols is 2. The van der Waals surface area contributed by atoms with Crippen LogP contribution in [0, 0.1) is 30.3 Å². The lowest BCUT2D eigenvalue weighted by atomic mass is 9.95. The van der Waals surface area contributed by atoms with Gasteiger partial charge in [-0.25, -0.2) is 0 Å². The van der Waals surface area contributed by atoms with Crippen LogP contribution in [0.1, 0.15) is 22.3 Å². The molecule has 0 saturated carbocycles. The van der Waals surface area contributed by atoms with Gasteiger partial charge in [0.1, 0.15) is 17.2 Å². The summed E-state index contributed by atoms with van der Waals surface area (Å²) in [6.45, 7) is 0. The van der Waals surface area contributed by atoms with Crippen molar-refractivity contribution in [1.29, 1.82) is 0 Å². The molecule has 0 aliphatic heterocycles. The predicted octanol–water partition coefficient (Wildman–Crippen LogP) is 4.01. The van der Waals surface area contributed by atoms with Gasteiger partial charge < -0.3 is 14.9 Å². The standard InChI is InChI=1S/C21H17N3O9/c1-33-20-5-3-17(23(29)30)9-13(20)7-15-11-18(24(31)32)10-14(21(15)26)6-12-8-16(22(27)28)2-4-19(12)25/h2-5,8-11,25-26H,6-7H2,1H3. The van der Waals surface area contributed by atoms with E-state index in [1.807, 2.05) is 0 Å². The first-order valence-electron chi connectivity index (χ1n) is 9.37. The Balaban J connectivity index is 2.10. The minimum absolute atomic E-state index is 0.0411. The molecule has 3 rings (SSSR count). The van der Waals surface area contributed by atoms with Crippen LogP contribution >= 0.6 is 0 Å². The molecule has 0 radical (unpaired) electrons. The van der Waals surface area contributed by atoms with Crippen molar-refractivity contribution in [3.05, 3.63) is 101 Å². The highest BCUT2D eigenvalue weighted by molar-refractivity contribution is 5.56. The lowest BCUT2D eigenvalue weighted by molar-refractivity contribution is -0.385. The summed E-state index contributed by atoms with van der Waals surface area (Å²) in [6, 6.07) is 9.42. The van der Waals surface area contributed by atoms with E-state index in [2.05, 4.69) is 0 Å². The van der Waals surface area contributed by atoms with Gasteiger partial charge in [-0.2, -0.15) is 0 Å². The average Bonchev–Trinajstić information content (AvgIpc) is 2.77. The van der Waals surface area contributed by atoms with Crippen molar-refractivity contribution < 1.29 is 29.7 Å². The zero-order valence-electron chi connectivity index (χ0n) is 17.1. The minimum Gasteiger partial charge on any atom is -0.508 e. The van der Waals surface area contributed by atoms with Crippen molar-refractivity contribution in [3.63, 3.8) is 0 Å². The summed E-state index contributed by atoms with van der Waals surface area (Å²) in [6.07, 6.45) is -0.369. The third-order valence-corrected chi connectivity index (χ3v) is 4.97. The van der Waals surface area contributed by atoms with Crippen LogP contribution in [-0.2, 0) is 12.8 Å². The maximum atomic E-state index is 11.5. The Kier molecular flexibility index (Phi) is 6.38. The van der Waals surface area contributed by atoms with Crippen LogP contribution in [0.3, 0.4) is 0 Å². The number of nitrogens with zero attached hydrogens (tertiary/aromatic N) is 3. The molecule has 0 bridgehead atoms. The Morgan fingerprint density at radius 3 is 1.67 bits per heavy atom. The van der Waals surface area contributed by atoms with Gasteiger partial charge >= 0.3 is 0 Å². The van der Waals surface area contributed by atoms with Crippen LogP contribution in [0.2, 0.25) is 0 Å². The molecule has 3 aromatic carbocycles. The Morgan fingerprint density at radius 1 is 0.697 bits per heavy atom. The Bertz CT molecular complexity index is 1270. The number of hydrogen-bond acceptors (Lipinski definition) is 9. The third kappa shape index (κ3) is 4.95. The highest BCUT2D eigenvalue weighted by atomic mass is 16.6. The fraction of sp³-hybridized carbons (Fsp3) is 0.143. The first-order valence-corrected chi connectivity index (χ1v) is 9.37. The fourth-order valence-electron chi connectivity index (χ4n) is 3.37. The van der Waals surface area contributed by atoms with Crippen LogP contribution in [0.15, 0.2) is 48.5 Å². The number of ether oxygens (including phenoxy) is 1. The summed E-state index contributed by atoms with van der Waals surface area (Å²) in [4.78, 5) is 31.7. The molecule has 12 nitrogen and oxygen atoms in total. The Hall–Kier alpha value is -4.74. The van der Waals surface area contributed by atoms with Gasteiger partial charge in [-0.15, -0.1) is 0 Å². The molecular formula is C21H17N3O9. The molecule has 3 aromatic rings. The summed E-state index contributed by atoms with van der Waals surface area (Å²) in [7, 11) is 1.36. The third-order valence-electron chi connectivity index (χ3n) is 4.97. The van der Waals surface area contributed by atoms with E-state index in [0.717, 1.165) is 30.3 Å². The molecule has 33 heavy (non-hydrogen) atoms. The molecule has 0 saturated heterocycles. The average molecular weight is 455 g/mol. The van der Waals surface area contributed by atoms with Crippen molar-refractivity contribution in [2.75, 3.05) is 7.11 Å². The van der Waals surface area contributed by atoms with Gasteiger partial charge in [0.2, 0.25) is 0 Å². The van der Waals surface area contributed by atoms with Crippen LogP contribution in [-0.4, -0.2) is 32.1 Å². The summed E-state index contributed by atoms with van der Waals surface area (Å²) in [5.41, 5.74) is -0.369. The fourth-order valence-corrected chi connectivity index (χ4v) is 3.37. The number of rotatable bonds is 8. The highest BCUT2D eigenvalue weighted by Gasteiger charge is 2.21. The van der Waals surface area contributed by atoms with Crippen molar-refractivity contribution in [3.8, 4) is 17.2 Å². The molecular weight excluding hydrogens is 438 g/mol. The number of nitro groups is 3. The first kappa shape index (κ1) is 22.9. The van der Waals surface area contributed by atoms with E-state index >= 15 is 0 Å². The second-order valence-electron chi connectivity index (χ2n) is 7.05. The maximum absolute atomic E-state index is 11.5. The normalized spacial score (nSPS) is 10.6. The van der Waals surface area contributed by atoms with E-state index in [4.69, 9.17) is 4.74 Å². The molecule has 0 aliphatic carbocycles. The van der Waals surface area contributed by atoms with Gasteiger partial charge in [-0.1, -0.05) is 0 Å². The van der Waals surface area contributed by atoms with Crippen molar-refractivity contribution >= 4 is 17.1 Å². The molecule has 0 aliphatic rings. The van der Waals surface area contributed by atoms with Gasteiger partial charge in [0.15, 0.2) is 0 Å². The quantitative estimate of drug-likeness (QED) is 0.375. The smallest absolute Gasteiger partial charge is 0.270 e. The van der Waals surface area contributed by atoms with Gasteiger partial charge in [0.25, 0.3) is 17.1 Å². The number of methoxy groups -OCH3 is 1. The van der Waals surface area contributed by atoms with Crippen LogP contribution in [0.25, 0.3) is 0 Å². The molecule has 0 unspecified atom stereocenters. The zero-order valence-corrected chi connectivity index (χ0v) is 17.1. The highest BCUT2D eigenvalue weighted by Crippen LogP contribution is 2.36. The first-order chi connectivity index (χ1) is 15.6. The van der Waals surface area contributed by atoms with Crippen molar-refractivity contribution in [2.24, 2.45) is 0 Å². The lowest BCUT2D eigenvalue weighted by Crippen LogP contribution is -2.01. The predicted molar refractivity (Wildman–Crippen MR) is 115 cm³/mol. The zero-order chi connectivity index (χ0) is 24.3. The van der Waals surface area contributed by atoms with E-state index in [1.165, 1.54) is 25.3 Å². The van der Waals surface area contributed by atoms with Crippen LogP contribution in [0.4, 0.5) is 17.1 Å². The van der Waals surface area contributed by atoms with Crippen LogP contribution < -0.4 is 4.74 Å².